The monoisotopic (exact) mass is 316 g/mol. The average Bonchev–Trinajstić information content (AvgIpc) is 2.65. The lowest BCUT2D eigenvalue weighted by molar-refractivity contribution is -0.143. The van der Waals surface area contributed by atoms with Gasteiger partial charge in [-0.05, 0) is 43.7 Å². The minimum Gasteiger partial charge on any atom is -0.481 e. The molecule has 6 nitrogen and oxygen atoms in total. The van der Waals surface area contributed by atoms with E-state index in [1.54, 1.807) is 29.2 Å². The maximum absolute atomic E-state index is 12.7. The molecule has 0 spiro atoms. The fourth-order valence-corrected chi connectivity index (χ4v) is 3.43. The van der Waals surface area contributed by atoms with Crippen molar-refractivity contribution in [3.63, 3.8) is 0 Å². The number of carboxylic acid groups (broad SMARTS) is 1. The summed E-state index contributed by atoms with van der Waals surface area (Å²) in [5, 5.41) is 11.8. The summed E-state index contributed by atoms with van der Waals surface area (Å²) in [6, 6.07) is 7.02. The van der Waals surface area contributed by atoms with E-state index < -0.39 is 5.97 Å². The second-order valence-electron chi connectivity index (χ2n) is 6.34. The molecule has 0 bridgehead atoms. The molecule has 122 valence electrons. The van der Waals surface area contributed by atoms with Crippen molar-refractivity contribution in [3.8, 4) is 0 Å². The maximum Gasteiger partial charge on any atom is 0.306 e. The molecule has 1 saturated carbocycles. The molecule has 3 rings (SSSR count). The minimum absolute atomic E-state index is 0.0480. The number of amides is 2. The van der Waals surface area contributed by atoms with Crippen molar-refractivity contribution in [1.82, 2.24) is 4.90 Å². The second-order valence-corrected chi connectivity index (χ2v) is 6.34. The van der Waals surface area contributed by atoms with Crippen LogP contribution in [0.1, 0.15) is 36.0 Å². The summed E-state index contributed by atoms with van der Waals surface area (Å²) in [7, 11) is 0. The molecule has 2 N–H and O–H groups in total. The lowest BCUT2D eigenvalue weighted by Gasteiger charge is -2.30. The number of nitrogens with zero attached hydrogens (tertiary/aromatic N) is 1. The van der Waals surface area contributed by atoms with Gasteiger partial charge in [-0.3, -0.25) is 14.4 Å². The molecule has 2 amide bonds. The van der Waals surface area contributed by atoms with E-state index in [4.69, 9.17) is 5.11 Å². The topological polar surface area (TPSA) is 86.7 Å². The quantitative estimate of drug-likeness (QED) is 0.892. The molecule has 6 heteroatoms. The molecule has 1 fully saturated rings. The van der Waals surface area contributed by atoms with Crippen LogP contribution in [-0.2, 0) is 9.59 Å². The summed E-state index contributed by atoms with van der Waals surface area (Å²) in [5.41, 5.74) is 1.07. The molecule has 0 atom stereocenters. The highest BCUT2D eigenvalue weighted by molar-refractivity contribution is 6.08. The Morgan fingerprint density at radius 2 is 1.87 bits per heavy atom. The van der Waals surface area contributed by atoms with Crippen LogP contribution in [0.3, 0.4) is 0 Å². The lowest BCUT2D eigenvalue weighted by Crippen LogP contribution is -2.39. The van der Waals surface area contributed by atoms with Crippen LogP contribution in [0, 0.1) is 11.8 Å². The van der Waals surface area contributed by atoms with Gasteiger partial charge in [0.1, 0.15) is 6.54 Å². The molecular formula is C17H20N2O4. The molecule has 1 aliphatic carbocycles. The van der Waals surface area contributed by atoms with Gasteiger partial charge in [0.15, 0.2) is 0 Å². The summed E-state index contributed by atoms with van der Waals surface area (Å²) in [5.74, 6) is -1.08. The van der Waals surface area contributed by atoms with Crippen molar-refractivity contribution >= 4 is 23.5 Å². The molecule has 23 heavy (non-hydrogen) atoms. The Morgan fingerprint density at radius 1 is 1.17 bits per heavy atom. The Kier molecular flexibility index (Phi) is 4.32. The lowest BCUT2D eigenvalue weighted by atomic mass is 9.82. The molecule has 1 aromatic rings. The first-order valence-corrected chi connectivity index (χ1v) is 7.95. The molecule has 1 aromatic carbocycles. The molecule has 1 heterocycles. The van der Waals surface area contributed by atoms with Gasteiger partial charge in [0.2, 0.25) is 5.91 Å². The van der Waals surface area contributed by atoms with Crippen molar-refractivity contribution in [2.45, 2.75) is 25.7 Å². The second kappa shape index (κ2) is 6.40. The van der Waals surface area contributed by atoms with E-state index >= 15 is 0 Å². The van der Waals surface area contributed by atoms with E-state index in [-0.39, 0.29) is 30.2 Å². The van der Waals surface area contributed by atoms with Crippen LogP contribution in [-0.4, -0.2) is 40.9 Å². The van der Waals surface area contributed by atoms with Crippen molar-refractivity contribution in [2.75, 3.05) is 18.4 Å². The highest BCUT2D eigenvalue weighted by Crippen LogP contribution is 2.30. The van der Waals surface area contributed by atoms with Crippen molar-refractivity contribution < 1.29 is 19.5 Å². The first kappa shape index (κ1) is 15.5. The summed E-state index contributed by atoms with van der Waals surface area (Å²) < 4.78 is 0. The maximum atomic E-state index is 12.7. The Hall–Kier alpha value is -2.37. The van der Waals surface area contributed by atoms with Gasteiger partial charge >= 0.3 is 5.97 Å². The normalized spacial score (nSPS) is 24.6. The molecule has 0 saturated heterocycles. The Bertz CT molecular complexity index is 635. The van der Waals surface area contributed by atoms with Crippen molar-refractivity contribution in [1.29, 1.82) is 0 Å². The van der Waals surface area contributed by atoms with Crippen LogP contribution in [0.5, 0.6) is 0 Å². The predicted molar refractivity (Wildman–Crippen MR) is 84.1 cm³/mol. The van der Waals surface area contributed by atoms with Gasteiger partial charge in [-0.15, -0.1) is 0 Å². The molecule has 0 unspecified atom stereocenters. The largest absolute Gasteiger partial charge is 0.481 e. The van der Waals surface area contributed by atoms with Crippen molar-refractivity contribution in [3.05, 3.63) is 29.8 Å². The van der Waals surface area contributed by atoms with Gasteiger partial charge in [0.25, 0.3) is 5.91 Å². The molecule has 0 radical (unpaired) electrons. The highest BCUT2D eigenvalue weighted by atomic mass is 16.4. The van der Waals surface area contributed by atoms with Gasteiger partial charge in [-0.1, -0.05) is 12.1 Å². The summed E-state index contributed by atoms with van der Waals surface area (Å²) in [6.07, 6.45) is 2.85. The number of carbonyl (C=O) groups is 3. The molecule has 1 aliphatic heterocycles. The number of para-hydroxylation sites is 1. The van der Waals surface area contributed by atoms with E-state index in [1.165, 1.54) is 0 Å². The third-order valence-electron chi connectivity index (χ3n) is 4.73. The number of carboxylic acids is 1. The standard InChI is InChI=1S/C17H20N2O4/c20-15-10-19(9-11-5-7-12(8-6-11)17(22)23)16(21)13-3-1-2-4-14(13)18-15/h1-4,11-12H,5-10H2,(H,18,20)(H,22,23). The number of rotatable bonds is 3. The zero-order chi connectivity index (χ0) is 16.4. The first-order chi connectivity index (χ1) is 11.0. The fourth-order valence-electron chi connectivity index (χ4n) is 3.43. The van der Waals surface area contributed by atoms with Gasteiger partial charge in [0, 0.05) is 6.54 Å². The predicted octanol–water partition coefficient (Wildman–Crippen LogP) is 1.97. The number of hydrogen-bond acceptors (Lipinski definition) is 3. The molecule has 0 aromatic heterocycles. The van der Waals surface area contributed by atoms with E-state index in [2.05, 4.69) is 5.32 Å². The van der Waals surface area contributed by atoms with Crippen LogP contribution in [0.25, 0.3) is 0 Å². The third-order valence-corrected chi connectivity index (χ3v) is 4.73. The van der Waals surface area contributed by atoms with Crippen LogP contribution < -0.4 is 5.32 Å². The van der Waals surface area contributed by atoms with E-state index in [1.807, 2.05) is 0 Å². The zero-order valence-electron chi connectivity index (χ0n) is 12.8. The Balaban J connectivity index is 1.70. The van der Waals surface area contributed by atoms with Gasteiger partial charge in [-0.2, -0.15) is 0 Å². The average molecular weight is 316 g/mol. The molecular weight excluding hydrogens is 296 g/mol. The van der Waals surface area contributed by atoms with Crippen LogP contribution in [0.15, 0.2) is 24.3 Å². The van der Waals surface area contributed by atoms with Crippen molar-refractivity contribution in [2.24, 2.45) is 11.8 Å². The highest BCUT2D eigenvalue weighted by Gasteiger charge is 2.31. The number of hydrogen-bond donors (Lipinski definition) is 2. The number of benzene rings is 1. The summed E-state index contributed by atoms with van der Waals surface area (Å²) >= 11 is 0. The summed E-state index contributed by atoms with van der Waals surface area (Å²) in [6.45, 7) is 0.555. The number of fused-ring (bicyclic) bond motifs is 1. The van der Waals surface area contributed by atoms with E-state index in [0.29, 0.717) is 30.6 Å². The van der Waals surface area contributed by atoms with Crippen LogP contribution in [0.4, 0.5) is 5.69 Å². The van der Waals surface area contributed by atoms with E-state index in [9.17, 15) is 14.4 Å². The number of carbonyl (C=O) groups excluding carboxylic acids is 2. The number of aliphatic carboxylic acids is 1. The summed E-state index contributed by atoms with van der Waals surface area (Å²) in [4.78, 5) is 37.3. The zero-order valence-corrected chi connectivity index (χ0v) is 12.8. The Labute approximate surface area is 134 Å². The SMILES string of the molecule is O=C1CN(CC2CCC(C(=O)O)CC2)C(=O)c2ccccc2N1. The van der Waals surface area contributed by atoms with Gasteiger partial charge < -0.3 is 15.3 Å². The number of anilines is 1. The Morgan fingerprint density at radius 3 is 2.57 bits per heavy atom. The van der Waals surface area contributed by atoms with Crippen LogP contribution >= 0.6 is 0 Å². The van der Waals surface area contributed by atoms with Gasteiger partial charge in [0.05, 0.1) is 17.2 Å². The minimum atomic E-state index is -0.734. The smallest absolute Gasteiger partial charge is 0.306 e. The number of nitrogens with one attached hydrogen (secondary N) is 1. The van der Waals surface area contributed by atoms with E-state index in [0.717, 1.165) is 12.8 Å². The first-order valence-electron chi connectivity index (χ1n) is 7.95. The van der Waals surface area contributed by atoms with Gasteiger partial charge in [-0.25, -0.2) is 0 Å². The molecule has 2 aliphatic rings. The third kappa shape index (κ3) is 3.36. The fraction of sp³-hybridized carbons (Fsp3) is 0.471. The van der Waals surface area contributed by atoms with Crippen LogP contribution in [0.2, 0.25) is 0 Å².